The second-order valence-corrected chi connectivity index (χ2v) is 8.15. The van der Waals surface area contributed by atoms with Gasteiger partial charge in [-0.25, -0.2) is 9.18 Å². The van der Waals surface area contributed by atoms with Crippen LogP contribution in [0.3, 0.4) is 0 Å². The molecule has 0 spiro atoms. The zero-order valence-electron chi connectivity index (χ0n) is 19.0. The van der Waals surface area contributed by atoms with Crippen molar-refractivity contribution in [3.8, 4) is 16.8 Å². The molecule has 2 aromatic heterocycles. The first-order valence-corrected chi connectivity index (χ1v) is 11.3. The molecule has 4 rings (SSSR count). The van der Waals surface area contributed by atoms with Gasteiger partial charge in [0.2, 0.25) is 5.91 Å². The summed E-state index contributed by atoms with van der Waals surface area (Å²) >= 11 is 12.3. The number of benzene rings is 2. The summed E-state index contributed by atoms with van der Waals surface area (Å²) in [5.74, 6) is -1.11. The number of nitrogens with zero attached hydrogens (tertiary/aromatic N) is 6. The van der Waals surface area contributed by atoms with Crippen molar-refractivity contribution < 1.29 is 18.7 Å². The van der Waals surface area contributed by atoms with Crippen LogP contribution < -0.4 is 10.6 Å². The molecule has 0 unspecified atom stereocenters. The van der Waals surface area contributed by atoms with Gasteiger partial charge in [0.15, 0.2) is 5.15 Å². The van der Waals surface area contributed by atoms with E-state index in [9.17, 15) is 14.0 Å². The number of aromatic nitrogens is 6. The molecule has 37 heavy (non-hydrogen) atoms. The molecule has 0 fully saturated rings. The van der Waals surface area contributed by atoms with Crippen molar-refractivity contribution in [2.45, 2.75) is 6.54 Å². The van der Waals surface area contributed by atoms with Crippen LogP contribution in [0.4, 0.5) is 14.9 Å². The molecule has 0 saturated heterocycles. The molecule has 2 amide bonds. The van der Waals surface area contributed by atoms with Gasteiger partial charge in [0.25, 0.3) is 0 Å². The first-order chi connectivity index (χ1) is 17.8. The number of halogens is 3. The average molecular weight is 543 g/mol. The summed E-state index contributed by atoms with van der Waals surface area (Å²) in [6.45, 7) is 0.0280. The summed E-state index contributed by atoms with van der Waals surface area (Å²) in [6.07, 6.45) is 3.52. The summed E-state index contributed by atoms with van der Waals surface area (Å²) in [5, 5.41) is 24.4. The predicted molar refractivity (Wildman–Crippen MR) is 134 cm³/mol. The summed E-state index contributed by atoms with van der Waals surface area (Å²) in [6, 6.07) is 10.8. The van der Waals surface area contributed by atoms with Crippen LogP contribution in [0.25, 0.3) is 22.9 Å². The molecule has 2 N–H and O–H groups in total. The van der Waals surface area contributed by atoms with Gasteiger partial charge in [0, 0.05) is 22.2 Å². The maximum Gasteiger partial charge on any atom is 0.411 e. The topological polar surface area (TPSA) is 137 Å². The van der Waals surface area contributed by atoms with E-state index in [0.717, 1.165) is 0 Å². The third kappa shape index (κ3) is 6.42. The number of anilines is 1. The smallest absolute Gasteiger partial charge is 0.411 e. The monoisotopic (exact) mass is 542 g/mol. The number of amides is 2. The minimum Gasteiger partial charge on any atom is -0.453 e. The van der Waals surface area contributed by atoms with Gasteiger partial charge < -0.3 is 10.1 Å². The first-order valence-electron chi connectivity index (χ1n) is 10.5. The Morgan fingerprint density at radius 3 is 2.70 bits per heavy atom. The predicted octanol–water partition coefficient (Wildman–Crippen LogP) is 4.07. The Kier molecular flexibility index (Phi) is 8.01. The molecule has 2 heterocycles. The largest absolute Gasteiger partial charge is 0.453 e. The Labute approximate surface area is 219 Å². The number of methoxy groups -OCH3 is 1. The normalized spacial score (nSPS) is 10.9. The Morgan fingerprint density at radius 2 is 1.97 bits per heavy atom. The Bertz CT molecular complexity index is 1480. The summed E-state index contributed by atoms with van der Waals surface area (Å²) in [4.78, 5) is 23.8. The summed E-state index contributed by atoms with van der Waals surface area (Å²) in [5.41, 5.74) is 2.37. The molecule has 11 nitrogen and oxygen atoms in total. The Morgan fingerprint density at radius 1 is 1.14 bits per heavy atom. The molecule has 0 atom stereocenters. The van der Waals surface area contributed by atoms with Gasteiger partial charge in [-0.05, 0) is 58.5 Å². The number of hydrogen-bond donors (Lipinski definition) is 2. The fraction of sp³-hybridized carbons (Fsp3) is 0.0870. The molecule has 188 valence electrons. The van der Waals surface area contributed by atoms with Crippen molar-refractivity contribution in [2.24, 2.45) is 0 Å². The van der Waals surface area contributed by atoms with Crippen molar-refractivity contribution in [1.29, 1.82) is 0 Å². The Hall–Kier alpha value is -4.42. The fourth-order valence-corrected chi connectivity index (χ4v) is 3.57. The van der Waals surface area contributed by atoms with Crippen molar-refractivity contribution >= 4 is 47.0 Å². The van der Waals surface area contributed by atoms with E-state index in [1.807, 2.05) is 0 Å². The van der Waals surface area contributed by atoms with Gasteiger partial charge in [0.1, 0.15) is 12.1 Å². The Balaban J connectivity index is 1.46. The number of tetrazole rings is 1. The zero-order chi connectivity index (χ0) is 26.4. The van der Waals surface area contributed by atoms with Crippen LogP contribution in [-0.4, -0.2) is 49.5 Å². The van der Waals surface area contributed by atoms with Gasteiger partial charge in [-0.1, -0.05) is 29.3 Å². The van der Waals surface area contributed by atoms with E-state index < -0.39 is 17.8 Å². The summed E-state index contributed by atoms with van der Waals surface area (Å²) < 4.78 is 20.4. The minimum atomic E-state index is -0.802. The number of hydrogen-bond acceptors (Lipinski definition) is 8. The lowest BCUT2D eigenvalue weighted by Crippen LogP contribution is -2.21. The highest BCUT2D eigenvalue weighted by Gasteiger charge is 2.13. The lowest BCUT2D eigenvalue weighted by atomic mass is 10.1. The van der Waals surface area contributed by atoms with Gasteiger partial charge >= 0.3 is 6.09 Å². The molecule has 14 heteroatoms. The van der Waals surface area contributed by atoms with Crippen LogP contribution in [0.5, 0.6) is 0 Å². The van der Waals surface area contributed by atoms with Gasteiger partial charge in [0.05, 0.1) is 30.7 Å². The number of carbonyl (C=O) groups is 2. The number of carbonyl (C=O) groups excluding carboxylic acids is 2. The molecule has 2 aromatic carbocycles. The van der Waals surface area contributed by atoms with E-state index in [1.165, 1.54) is 36.3 Å². The SMILES string of the molecule is COC(=O)Nc1ccc(-c2cc(CNC(=O)/C=C/c3cc(Cl)ccc3-n3cnnn3)nnc2Cl)cc1F. The quantitative estimate of drug-likeness (QED) is 0.333. The average Bonchev–Trinajstić information content (AvgIpc) is 3.43. The van der Waals surface area contributed by atoms with E-state index >= 15 is 0 Å². The maximum atomic E-state index is 14.5. The van der Waals surface area contributed by atoms with Crippen LogP contribution in [0.2, 0.25) is 10.2 Å². The number of ether oxygens (including phenoxy) is 1. The number of nitrogens with one attached hydrogen (secondary N) is 2. The van der Waals surface area contributed by atoms with Crippen LogP contribution in [0.15, 0.2) is 54.9 Å². The van der Waals surface area contributed by atoms with Crippen LogP contribution in [0, 0.1) is 5.82 Å². The van der Waals surface area contributed by atoms with E-state index in [-0.39, 0.29) is 17.4 Å². The van der Waals surface area contributed by atoms with Crippen molar-refractivity contribution in [2.75, 3.05) is 12.4 Å². The third-order valence-electron chi connectivity index (χ3n) is 4.95. The molecule has 4 aromatic rings. The molecule has 0 saturated carbocycles. The van der Waals surface area contributed by atoms with E-state index in [0.29, 0.717) is 33.1 Å². The van der Waals surface area contributed by atoms with E-state index in [1.54, 1.807) is 36.4 Å². The zero-order valence-corrected chi connectivity index (χ0v) is 20.5. The van der Waals surface area contributed by atoms with Crippen LogP contribution in [-0.2, 0) is 16.1 Å². The van der Waals surface area contributed by atoms with E-state index in [4.69, 9.17) is 23.2 Å². The van der Waals surface area contributed by atoms with Crippen LogP contribution in [0.1, 0.15) is 11.3 Å². The summed E-state index contributed by atoms with van der Waals surface area (Å²) in [7, 11) is 1.17. The second-order valence-electron chi connectivity index (χ2n) is 7.36. The molecular formula is C23H17Cl2FN8O3. The molecule has 0 aliphatic carbocycles. The van der Waals surface area contributed by atoms with Gasteiger partial charge in [-0.15, -0.1) is 10.2 Å². The molecule has 0 radical (unpaired) electrons. The van der Waals surface area contributed by atoms with Crippen molar-refractivity contribution in [1.82, 2.24) is 35.7 Å². The highest BCUT2D eigenvalue weighted by molar-refractivity contribution is 6.32. The molecule has 0 aliphatic rings. The second kappa shape index (κ2) is 11.5. The lowest BCUT2D eigenvalue weighted by molar-refractivity contribution is -0.116. The highest BCUT2D eigenvalue weighted by atomic mass is 35.5. The number of rotatable bonds is 7. The molecular weight excluding hydrogens is 526 g/mol. The minimum absolute atomic E-state index is 0.0280. The van der Waals surface area contributed by atoms with Gasteiger partial charge in [-0.2, -0.15) is 9.78 Å². The van der Waals surface area contributed by atoms with Crippen molar-refractivity contribution in [3.63, 3.8) is 0 Å². The first kappa shape index (κ1) is 25.7. The standard InChI is InChI=1S/C23H17Cl2FN8O3/c1-37-23(36)29-19-5-2-13(9-18(19)26)17-10-16(30-31-22(17)25)11-27-21(35)7-3-14-8-15(24)4-6-20(14)34-12-28-32-33-34/h2-10,12H,11H2,1H3,(H,27,35)(H,29,36)/b7-3+. The fourth-order valence-electron chi connectivity index (χ4n) is 3.19. The van der Waals surface area contributed by atoms with Crippen molar-refractivity contribution in [3.05, 3.63) is 82.1 Å². The van der Waals surface area contributed by atoms with E-state index in [2.05, 4.69) is 41.1 Å². The lowest BCUT2D eigenvalue weighted by Gasteiger charge is -2.09. The highest BCUT2D eigenvalue weighted by Crippen LogP contribution is 2.29. The third-order valence-corrected chi connectivity index (χ3v) is 5.46. The maximum absolute atomic E-state index is 14.5. The molecule has 0 bridgehead atoms. The van der Waals surface area contributed by atoms with Crippen LogP contribution >= 0.6 is 23.2 Å². The van der Waals surface area contributed by atoms with Gasteiger partial charge in [-0.3, -0.25) is 10.1 Å². The molecule has 0 aliphatic heterocycles.